The second-order valence-corrected chi connectivity index (χ2v) is 5.21. The molecular formula is C15H19F2NO3. The van der Waals surface area contributed by atoms with Crippen molar-refractivity contribution in [1.29, 1.82) is 0 Å². The Morgan fingerprint density at radius 3 is 2.71 bits per heavy atom. The molecule has 1 saturated heterocycles. The zero-order valence-corrected chi connectivity index (χ0v) is 11.7. The quantitative estimate of drug-likeness (QED) is 0.905. The number of ether oxygens (including phenoxy) is 1. The average molecular weight is 299 g/mol. The van der Waals surface area contributed by atoms with Gasteiger partial charge in [0.2, 0.25) is 5.91 Å². The van der Waals surface area contributed by atoms with Crippen LogP contribution in [0.15, 0.2) is 24.3 Å². The predicted octanol–water partition coefficient (Wildman–Crippen LogP) is 2.06. The summed E-state index contributed by atoms with van der Waals surface area (Å²) in [5.74, 6) is 0.312. The van der Waals surface area contributed by atoms with Crippen molar-refractivity contribution >= 4 is 5.91 Å². The minimum atomic E-state index is -2.87. The number of carbonyl (C=O) groups excluding carboxylic acids is 1. The summed E-state index contributed by atoms with van der Waals surface area (Å²) in [6, 6.07) is 6.21. The van der Waals surface area contributed by atoms with Gasteiger partial charge in [0.1, 0.15) is 5.75 Å². The molecule has 21 heavy (non-hydrogen) atoms. The first-order valence-corrected chi connectivity index (χ1v) is 7.01. The number of amides is 1. The van der Waals surface area contributed by atoms with Gasteiger partial charge < -0.3 is 14.7 Å². The standard InChI is InChI=1S/C15H19F2NO3/c16-15(17)21-13-3-1-2-12(8-13)9-14(20)18-6-4-11(10-19)5-7-18/h1-3,8,11,15,19H,4-7,9-10H2. The number of benzene rings is 1. The van der Waals surface area contributed by atoms with E-state index in [-0.39, 0.29) is 30.6 Å². The molecule has 1 aromatic rings. The normalized spacial score (nSPS) is 16.3. The van der Waals surface area contributed by atoms with Crippen LogP contribution in [-0.4, -0.2) is 42.2 Å². The molecule has 116 valence electrons. The highest BCUT2D eigenvalue weighted by atomic mass is 19.3. The highest BCUT2D eigenvalue weighted by Crippen LogP contribution is 2.19. The minimum absolute atomic E-state index is 0.0272. The summed E-state index contributed by atoms with van der Waals surface area (Å²) in [5.41, 5.74) is 0.655. The van der Waals surface area contributed by atoms with Gasteiger partial charge in [-0.1, -0.05) is 12.1 Å². The Bertz CT molecular complexity index is 474. The van der Waals surface area contributed by atoms with E-state index in [0.717, 1.165) is 12.8 Å². The fourth-order valence-electron chi connectivity index (χ4n) is 2.48. The summed E-state index contributed by atoms with van der Waals surface area (Å²) < 4.78 is 28.6. The molecule has 0 spiro atoms. The van der Waals surface area contributed by atoms with Gasteiger partial charge in [-0.15, -0.1) is 0 Å². The Hall–Kier alpha value is -1.69. The first kappa shape index (κ1) is 15.7. The second-order valence-electron chi connectivity index (χ2n) is 5.21. The second kappa shape index (κ2) is 7.36. The molecule has 1 N–H and O–H groups in total. The zero-order valence-electron chi connectivity index (χ0n) is 11.7. The number of aliphatic hydroxyl groups excluding tert-OH is 1. The van der Waals surface area contributed by atoms with Crippen molar-refractivity contribution in [3.8, 4) is 5.75 Å². The van der Waals surface area contributed by atoms with Crippen LogP contribution in [0.5, 0.6) is 5.75 Å². The number of rotatable bonds is 5. The molecule has 0 radical (unpaired) electrons. The number of nitrogens with zero attached hydrogens (tertiary/aromatic N) is 1. The Kier molecular flexibility index (Phi) is 5.50. The van der Waals surface area contributed by atoms with Gasteiger partial charge >= 0.3 is 6.61 Å². The number of hydrogen-bond donors (Lipinski definition) is 1. The number of carbonyl (C=O) groups is 1. The van der Waals surface area contributed by atoms with Crippen molar-refractivity contribution in [2.24, 2.45) is 5.92 Å². The Morgan fingerprint density at radius 1 is 1.38 bits per heavy atom. The van der Waals surface area contributed by atoms with Gasteiger partial charge in [-0.25, -0.2) is 0 Å². The fraction of sp³-hybridized carbons (Fsp3) is 0.533. The third kappa shape index (κ3) is 4.67. The lowest BCUT2D eigenvalue weighted by Crippen LogP contribution is -2.40. The number of halogens is 2. The summed E-state index contributed by atoms with van der Waals surface area (Å²) >= 11 is 0. The topological polar surface area (TPSA) is 49.8 Å². The summed E-state index contributed by atoms with van der Waals surface area (Å²) in [7, 11) is 0. The van der Waals surface area contributed by atoms with E-state index < -0.39 is 6.61 Å². The van der Waals surface area contributed by atoms with Crippen molar-refractivity contribution in [3.05, 3.63) is 29.8 Å². The van der Waals surface area contributed by atoms with Crippen LogP contribution in [0.1, 0.15) is 18.4 Å². The van der Waals surface area contributed by atoms with Crippen LogP contribution in [0.3, 0.4) is 0 Å². The summed E-state index contributed by atoms with van der Waals surface area (Å²) in [6.07, 6.45) is 1.78. The van der Waals surface area contributed by atoms with Crippen molar-refractivity contribution in [1.82, 2.24) is 4.90 Å². The molecule has 0 bridgehead atoms. The van der Waals surface area contributed by atoms with Gasteiger partial charge in [0.15, 0.2) is 0 Å². The molecule has 1 aliphatic rings. The van der Waals surface area contributed by atoms with Crippen molar-refractivity contribution in [2.45, 2.75) is 25.9 Å². The molecule has 1 heterocycles. The van der Waals surface area contributed by atoms with Crippen LogP contribution in [0.2, 0.25) is 0 Å². The van der Waals surface area contributed by atoms with E-state index >= 15 is 0 Å². The number of alkyl halides is 2. The fourth-order valence-corrected chi connectivity index (χ4v) is 2.48. The molecule has 0 aromatic heterocycles. The van der Waals surface area contributed by atoms with E-state index in [1.165, 1.54) is 12.1 Å². The van der Waals surface area contributed by atoms with E-state index in [9.17, 15) is 13.6 Å². The monoisotopic (exact) mass is 299 g/mol. The maximum atomic E-state index is 12.2. The lowest BCUT2D eigenvalue weighted by Gasteiger charge is -2.31. The summed E-state index contributed by atoms with van der Waals surface area (Å²) in [6.45, 7) is -1.43. The van der Waals surface area contributed by atoms with Gasteiger partial charge in [0, 0.05) is 19.7 Å². The Morgan fingerprint density at radius 2 is 2.10 bits per heavy atom. The Labute approximate surface area is 122 Å². The number of hydrogen-bond acceptors (Lipinski definition) is 3. The lowest BCUT2D eigenvalue weighted by atomic mass is 9.97. The molecule has 0 aliphatic carbocycles. The SMILES string of the molecule is O=C(Cc1cccc(OC(F)F)c1)N1CCC(CO)CC1. The van der Waals surface area contributed by atoms with E-state index in [1.807, 2.05) is 0 Å². The van der Waals surface area contributed by atoms with E-state index in [0.29, 0.717) is 18.7 Å². The maximum Gasteiger partial charge on any atom is 0.387 e. The van der Waals surface area contributed by atoms with Gasteiger partial charge in [0.05, 0.1) is 6.42 Å². The molecule has 1 amide bonds. The molecule has 6 heteroatoms. The highest BCUT2D eigenvalue weighted by molar-refractivity contribution is 5.79. The summed E-state index contributed by atoms with van der Waals surface area (Å²) in [4.78, 5) is 13.9. The number of aliphatic hydroxyl groups is 1. The van der Waals surface area contributed by atoms with Crippen molar-refractivity contribution in [2.75, 3.05) is 19.7 Å². The lowest BCUT2D eigenvalue weighted by molar-refractivity contribution is -0.132. The van der Waals surface area contributed by atoms with Crippen LogP contribution in [-0.2, 0) is 11.2 Å². The molecule has 1 aromatic carbocycles. The van der Waals surface area contributed by atoms with Gasteiger partial charge in [-0.2, -0.15) is 8.78 Å². The highest BCUT2D eigenvalue weighted by Gasteiger charge is 2.22. The number of likely N-dealkylation sites (tertiary alicyclic amines) is 1. The molecule has 0 atom stereocenters. The van der Waals surface area contributed by atoms with E-state index in [2.05, 4.69) is 4.74 Å². The molecule has 0 saturated carbocycles. The molecule has 0 unspecified atom stereocenters. The van der Waals surface area contributed by atoms with Crippen LogP contribution in [0, 0.1) is 5.92 Å². The third-order valence-corrected chi connectivity index (χ3v) is 3.70. The Balaban J connectivity index is 1.90. The van der Waals surface area contributed by atoms with Crippen LogP contribution in [0.25, 0.3) is 0 Å². The third-order valence-electron chi connectivity index (χ3n) is 3.70. The zero-order chi connectivity index (χ0) is 15.2. The molecule has 4 nitrogen and oxygen atoms in total. The van der Waals surface area contributed by atoms with Crippen molar-refractivity contribution < 1.29 is 23.4 Å². The smallest absolute Gasteiger partial charge is 0.387 e. The van der Waals surface area contributed by atoms with Crippen LogP contribution >= 0.6 is 0 Å². The minimum Gasteiger partial charge on any atom is -0.435 e. The van der Waals surface area contributed by atoms with Crippen molar-refractivity contribution in [3.63, 3.8) is 0 Å². The maximum absolute atomic E-state index is 12.2. The largest absolute Gasteiger partial charge is 0.435 e. The van der Waals surface area contributed by atoms with Crippen LogP contribution in [0.4, 0.5) is 8.78 Å². The van der Waals surface area contributed by atoms with Gasteiger partial charge in [-0.05, 0) is 36.5 Å². The predicted molar refractivity (Wildman–Crippen MR) is 73.2 cm³/mol. The molecule has 1 aliphatic heterocycles. The van der Waals surface area contributed by atoms with Gasteiger partial charge in [0.25, 0.3) is 0 Å². The van der Waals surface area contributed by atoms with E-state index in [4.69, 9.17) is 5.11 Å². The molecule has 2 rings (SSSR count). The first-order chi connectivity index (χ1) is 10.1. The molecular weight excluding hydrogens is 280 g/mol. The average Bonchev–Trinajstić information content (AvgIpc) is 2.47. The van der Waals surface area contributed by atoms with Gasteiger partial charge in [-0.3, -0.25) is 4.79 Å². The summed E-state index contributed by atoms with van der Waals surface area (Å²) in [5, 5.41) is 9.07. The molecule has 1 fully saturated rings. The van der Waals surface area contributed by atoms with E-state index in [1.54, 1.807) is 17.0 Å². The van der Waals surface area contributed by atoms with Crippen LogP contribution < -0.4 is 4.74 Å². The first-order valence-electron chi connectivity index (χ1n) is 7.01. The number of piperidine rings is 1.